The number of benzene rings is 1. The number of carbonyl (C=O) groups is 3. The summed E-state index contributed by atoms with van der Waals surface area (Å²) in [7, 11) is 0. The van der Waals surface area contributed by atoms with Crippen LogP contribution in [0.5, 0.6) is 0 Å². The number of aromatic nitrogens is 1. The van der Waals surface area contributed by atoms with Gasteiger partial charge in [-0.2, -0.15) is 0 Å². The van der Waals surface area contributed by atoms with Gasteiger partial charge in [0, 0.05) is 32.1 Å². The van der Waals surface area contributed by atoms with E-state index >= 15 is 0 Å². The first-order valence-electron chi connectivity index (χ1n) is 11.2. The van der Waals surface area contributed by atoms with Gasteiger partial charge in [0.2, 0.25) is 17.7 Å². The van der Waals surface area contributed by atoms with Gasteiger partial charge in [-0.1, -0.05) is 32.9 Å². The number of aliphatic hydroxyl groups excluding tert-OH is 1. The topological polar surface area (TPSA) is 138 Å². The second-order valence-electron chi connectivity index (χ2n) is 9.78. The fourth-order valence-corrected chi connectivity index (χ4v) is 4.71. The number of nitrogens with one attached hydrogen (secondary N) is 2. The number of amides is 3. The van der Waals surface area contributed by atoms with Crippen LogP contribution in [0.3, 0.4) is 0 Å². The van der Waals surface area contributed by atoms with Crippen LogP contribution >= 0.6 is 11.3 Å². The molecule has 3 rings (SSSR count). The minimum Gasteiger partial charge on any atom is -0.391 e. The molecule has 0 radical (unpaired) electrons. The fraction of sp³-hybridized carbons (Fsp3) is 0.500. The largest absolute Gasteiger partial charge is 0.391 e. The van der Waals surface area contributed by atoms with Gasteiger partial charge in [-0.3, -0.25) is 14.4 Å². The molecule has 0 aliphatic carbocycles. The summed E-state index contributed by atoms with van der Waals surface area (Å²) >= 11 is 1.51. The van der Waals surface area contributed by atoms with E-state index in [1.807, 2.05) is 45.9 Å². The molecule has 3 amide bonds. The normalized spacial score (nSPS) is 19.1. The predicted molar refractivity (Wildman–Crippen MR) is 132 cm³/mol. The molecular weight excluding hydrogens is 454 g/mol. The molecule has 1 aliphatic heterocycles. The lowest BCUT2D eigenvalue weighted by Gasteiger charge is -2.32. The molecule has 10 heteroatoms. The zero-order chi connectivity index (χ0) is 25.2. The van der Waals surface area contributed by atoms with Crippen molar-refractivity contribution >= 4 is 34.7 Å². The van der Waals surface area contributed by atoms with Crippen LogP contribution < -0.4 is 16.4 Å². The number of carbonyl (C=O) groups excluding carboxylic acids is 3. The van der Waals surface area contributed by atoms with Gasteiger partial charge in [-0.05, 0) is 29.5 Å². The number of nitrogens with zero attached hydrogens (tertiary/aromatic N) is 2. The number of anilines is 1. The maximum atomic E-state index is 13.0. The Labute approximate surface area is 203 Å². The molecule has 1 aliphatic rings. The van der Waals surface area contributed by atoms with Crippen molar-refractivity contribution in [2.24, 2.45) is 11.1 Å². The number of hydrogen-bond acceptors (Lipinski definition) is 7. The SMILES string of the molecule is CC(=O)Nc1cc(-c2scnc2C)ccc1CNC(=O)[C@@H]1C[C@@H](O)CN1C(=O)[C@@H](N)C(C)(C)C. The van der Waals surface area contributed by atoms with E-state index in [1.165, 1.54) is 23.2 Å². The lowest BCUT2D eigenvalue weighted by molar-refractivity contribution is -0.141. The average molecular weight is 488 g/mol. The number of aryl methyl sites for hydroxylation is 1. The molecule has 0 spiro atoms. The molecule has 5 N–H and O–H groups in total. The highest BCUT2D eigenvalue weighted by Gasteiger charge is 2.42. The van der Waals surface area contributed by atoms with Crippen LogP contribution in [0.15, 0.2) is 23.7 Å². The highest BCUT2D eigenvalue weighted by Crippen LogP contribution is 2.31. The smallest absolute Gasteiger partial charge is 0.243 e. The third kappa shape index (κ3) is 5.81. The first-order valence-corrected chi connectivity index (χ1v) is 12.1. The summed E-state index contributed by atoms with van der Waals surface area (Å²) in [5.41, 5.74) is 10.6. The van der Waals surface area contributed by atoms with Gasteiger partial charge >= 0.3 is 0 Å². The number of rotatable bonds is 6. The maximum absolute atomic E-state index is 13.0. The summed E-state index contributed by atoms with van der Waals surface area (Å²) in [6, 6.07) is 4.04. The van der Waals surface area contributed by atoms with Crippen LogP contribution in [-0.2, 0) is 20.9 Å². The van der Waals surface area contributed by atoms with Crippen molar-refractivity contribution in [1.82, 2.24) is 15.2 Å². The number of nitrogens with two attached hydrogens (primary N) is 1. The van der Waals surface area contributed by atoms with Crippen LogP contribution in [0.1, 0.15) is 45.4 Å². The van der Waals surface area contributed by atoms with Gasteiger partial charge in [0.15, 0.2) is 0 Å². The maximum Gasteiger partial charge on any atom is 0.243 e. The number of hydrogen-bond donors (Lipinski definition) is 4. The molecule has 1 aromatic carbocycles. The van der Waals surface area contributed by atoms with Crippen molar-refractivity contribution in [3.63, 3.8) is 0 Å². The average Bonchev–Trinajstić information content (AvgIpc) is 3.35. The van der Waals surface area contributed by atoms with Crippen LogP contribution in [0.2, 0.25) is 0 Å². The molecule has 184 valence electrons. The molecule has 2 aromatic rings. The van der Waals surface area contributed by atoms with E-state index in [4.69, 9.17) is 5.73 Å². The Kier molecular flexibility index (Phi) is 7.74. The van der Waals surface area contributed by atoms with Crippen molar-refractivity contribution in [3.8, 4) is 10.4 Å². The molecule has 2 heterocycles. The molecule has 0 unspecified atom stereocenters. The monoisotopic (exact) mass is 487 g/mol. The number of likely N-dealkylation sites (tertiary alicyclic amines) is 1. The molecule has 1 fully saturated rings. The van der Waals surface area contributed by atoms with Gasteiger partial charge in [0.25, 0.3) is 0 Å². The summed E-state index contributed by atoms with van der Waals surface area (Å²) in [5, 5.41) is 15.8. The standard InChI is InChI=1S/C24H33N5O4S/c1-13-20(34-12-27-13)15-6-7-16(18(8-15)28-14(2)30)10-26-22(32)19-9-17(31)11-29(19)23(33)21(25)24(3,4)5/h6-8,12,17,19,21,31H,9-11,25H2,1-5H3,(H,26,32)(H,28,30)/t17-,19+,21-/m1/s1. The van der Waals surface area contributed by atoms with Crippen LogP contribution in [0.4, 0.5) is 5.69 Å². The van der Waals surface area contributed by atoms with Crippen molar-refractivity contribution in [3.05, 3.63) is 35.0 Å². The van der Waals surface area contributed by atoms with Crippen LogP contribution in [-0.4, -0.2) is 57.4 Å². The van der Waals surface area contributed by atoms with Gasteiger partial charge in [0.05, 0.1) is 28.2 Å². The van der Waals surface area contributed by atoms with E-state index in [1.54, 1.807) is 5.51 Å². The Morgan fingerprint density at radius 2 is 2.03 bits per heavy atom. The Hall–Kier alpha value is -2.82. The molecule has 1 saturated heterocycles. The van der Waals surface area contributed by atoms with Gasteiger partial charge in [0.1, 0.15) is 6.04 Å². The van der Waals surface area contributed by atoms with Crippen LogP contribution in [0.25, 0.3) is 10.4 Å². The van der Waals surface area contributed by atoms with E-state index in [0.717, 1.165) is 21.7 Å². The van der Waals surface area contributed by atoms with Gasteiger partial charge in [-0.25, -0.2) is 4.98 Å². The first-order chi connectivity index (χ1) is 15.9. The van der Waals surface area contributed by atoms with Crippen molar-refractivity contribution in [2.45, 2.75) is 65.8 Å². The van der Waals surface area contributed by atoms with E-state index in [9.17, 15) is 19.5 Å². The number of aliphatic hydroxyl groups is 1. The van der Waals surface area contributed by atoms with E-state index < -0.39 is 23.6 Å². The Morgan fingerprint density at radius 3 is 2.62 bits per heavy atom. The highest BCUT2D eigenvalue weighted by molar-refractivity contribution is 7.13. The molecule has 0 saturated carbocycles. The molecule has 9 nitrogen and oxygen atoms in total. The number of thiazole rings is 1. The quantitative estimate of drug-likeness (QED) is 0.492. The van der Waals surface area contributed by atoms with Gasteiger partial charge in [-0.15, -0.1) is 11.3 Å². The minimum atomic E-state index is -0.806. The molecule has 0 bridgehead atoms. The fourth-order valence-electron chi connectivity index (χ4n) is 3.91. The summed E-state index contributed by atoms with van der Waals surface area (Å²) < 4.78 is 0. The van der Waals surface area contributed by atoms with Crippen LogP contribution in [0, 0.1) is 12.3 Å². The van der Waals surface area contributed by atoms with E-state index in [-0.39, 0.29) is 37.2 Å². The van der Waals surface area contributed by atoms with E-state index in [0.29, 0.717) is 5.69 Å². The third-order valence-electron chi connectivity index (χ3n) is 5.95. The van der Waals surface area contributed by atoms with Crippen molar-refractivity contribution in [1.29, 1.82) is 0 Å². The van der Waals surface area contributed by atoms with E-state index in [2.05, 4.69) is 15.6 Å². The molecule has 3 atom stereocenters. The Bertz CT molecular complexity index is 1080. The molecular formula is C24H33N5O4S. The second-order valence-corrected chi connectivity index (χ2v) is 10.6. The van der Waals surface area contributed by atoms with Crippen molar-refractivity contribution in [2.75, 3.05) is 11.9 Å². The Morgan fingerprint density at radius 1 is 1.32 bits per heavy atom. The minimum absolute atomic E-state index is 0.0702. The lowest BCUT2D eigenvalue weighted by Crippen LogP contribution is -2.54. The summed E-state index contributed by atoms with van der Waals surface area (Å²) in [6.45, 7) is 9.15. The van der Waals surface area contributed by atoms with Crippen molar-refractivity contribution < 1.29 is 19.5 Å². The second kappa shape index (κ2) is 10.2. The zero-order valence-corrected chi connectivity index (χ0v) is 21.0. The Balaban J connectivity index is 1.77. The summed E-state index contributed by atoms with van der Waals surface area (Å²) in [5.74, 6) is -0.952. The number of β-amino-alcohol motifs (C(OH)–C–C–N with tert-alkyl or cyclic N) is 1. The third-order valence-corrected chi connectivity index (χ3v) is 6.92. The lowest BCUT2D eigenvalue weighted by atomic mass is 9.86. The zero-order valence-electron chi connectivity index (χ0n) is 20.2. The van der Waals surface area contributed by atoms with Gasteiger partial charge < -0.3 is 26.4 Å². The molecule has 34 heavy (non-hydrogen) atoms. The highest BCUT2D eigenvalue weighted by atomic mass is 32.1. The summed E-state index contributed by atoms with van der Waals surface area (Å²) in [4.78, 5) is 44.4. The summed E-state index contributed by atoms with van der Waals surface area (Å²) in [6.07, 6.45) is -0.639. The molecule has 1 aromatic heterocycles. The predicted octanol–water partition coefficient (Wildman–Crippen LogP) is 2.03. The first kappa shape index (κ1) is 25.8.